The molecule has 6 heteroatoms. The standard InChI is InChI=1S/C20H17NO5/c1-12-4-6-13(7-5-12)19(23)21-16-9-8-14(25-2)10-15(16)18(22)11-17(21)20(24)26-3/h4-11H,1-3H3. The molecule has 0 unspecified atom stereocenters. The van der Waals surface area contributed by atoms with Crippen LogP contribution in [0.4, 0.5) is 0 Å². The van der Waals surface area contributed by atoms with Crippen LogP contribution < -0.4 is 10.2 Å². The van der Waals surface area contributed by atoms with Crippen LogP contribution in [0.3, 0.4) is 0 Å². The summed E-state index contributed by atoms with van der Waals surface area (Å²) in [5.41, 5.74) is 1.18. The number of hydrogen-bond donors (Lipinski definition) is 0. The Morgan fingerprint density at radius 3 is 2.27 bits per heavy atom. The number of pyridine rings is 1. The summed E-state index contributed by atoms with van der Waals surface area (Å²) >= 11 is 0. The molecule has 0 saturated heterocycles. The van der Waals surface area contributed by atoms with E-state index in [0.717, 1.165) is 11.6 Å². The van der Waals surface area contributed by atoms with Gasteiger partial charge in [0.15, 0.2) is 5.43 Å². The molecule has 0 atom stereocenters. The molecule has 0 bridgehead atoms. The molecule has 26 heavy (non-hydrogen) atoms. The molecule has 1 aromatic heterocycles. The Labute approximate surface area is 149 Å². The molecule has 0 fully saturated rings. The number of hydrogen-bond acceptors (Lipinski definition) is 5. The highest BCUT2D eigenvalue weighted by Gasteiger charge is 2.22. The van der Waals surface area contributed by atoms with Crippen LogP contribution in [-0.4, -0.2) is 30.7 Å². The molecule has 1 heterocycles. The van der Waals surface area contributed by atoms with Crippen LogP contribution in [0.1, 0.15) is 26.4 Å². The second kappa shape index (κ2) is 6.84. The Balaban J connectivity index is 2.34. The van der Waals surface area contributed by atoms with E-state index < -0.39 is 17.3 Å². The van der Waals surface area contributed by atoms with Crippen LogP contribution in [0, 0.1) is 6.92 Å². The first-order valence-corrected chi connectivity index (χ1v) is 7.89. The third-order valence-electron chi connectivity index (χ3n) is 4.11. The number of aryl methyl sites for hydroxylation is 1. The Kier molecular flexibility index (Phi) is 4.58. The smallest absolute Gasteiger partial charge is 0.355 e. The van der Waals surface area contributed by atoms with Gasteiger partial charge in [-0.05, 0) is 37.3 Å². The van der Waals surface area contributed by atoms with E-state index in [0.29, 0.717) is 16.8 Å². The number of aromatic nitrogens is 1. The van der Waals surface area contributed by atoms with Crippen molar-refractivity contribution in [2.24, 2.45) is 0 Å². The van der Waals surface area contributed by atoms with E-state index in [9.17, 15) is 14.4 Å². The summed E-state index contributed by atoms with van der Waals surface area (Å²) < 4.78 is 11.1. The average molecular weight is 351 g/mol. The van der Waals surface area contributed by atoms with Crippen LogP contribution in [0.2, 0.25) is 0 Å². The van der Waals surface area contributed by atoms with Gasteiger partial charge >= 0.3 is 5.97 Å². The molecule has 3 aromatic rings. The second-order valence-corrected chi connectivity index (χ2v) is 5.78. The van der Waals surface area contributed by atoms with Gasteiger partial charge in [0.25, 0.3) is 5.91 Å². The van der Waals surface area contributed by atoms with E-state index >= 15 is 0 Å². The third kappa shape index (κ3) is 2.97. The molecule has 0 N–H and O–H groups in total. The van der Waals surface area contributed by atoms with Gasteiger partial charge in [0.1, 0.15) is 11.4 Å². The average Bonchev–Trinajstić information content (AvgIpc) is 2.67. The van der Waals surface area contributed by atoms with Crippen LogP contribution in [0.15, 0.2) is 53.3 Å². The van der Waals surface area contributed by atoms with E-state index in [2.05, 4.69) is 0 Å². The maximum absolute atomic E-state index is 13.1. The predicted molar refractivity (Wildman–Crippen MR) is 97.0 cm³/mol. The molecular formula is C20H17NO5. The number of carbonyl (C=O) groups is 2. The number of benzene rings is 2. The first-order valence-electron chi connectivity index (χ1n) is 7.89. The highest BCUT2D eigenvalue weighted by atomic mass is 16.5. The summed E-state index contributed by atoms with van der Waals surface area (Å²) in [5.74, 6) is -0.712. The van der Waals surface area contributed by atoms with Crippen molar-refractivity contribution in [2.75, 3.05) is 14.2 Å². The van der Waals surface area contributed by atoms with Crippen LogP contribution in [0.5, 0.6) is 5.75 Å². The molecule has 0 aliphatic heterocycles. The minimum atomic E-state index is -0.764. The zero-order valence-corrected chi connectivity index (χ0v) is 14.6. The fraction of sp³-hybridized carbons (Fsp3) is 0.150. The maximum atomic E-state index is 13.1. The number of nitrogens with zero attached hydrogens (tertiary/aromatic N) is 1. The van der Waals surface area contributed by atoms with Crippen molar-refractivity contribution in [2.45, 2.75) is 6.92 Å². The molecule has 3 rings (SSSR count). The molecule has 132 valence electrons. The molecule has 0 amide bonds. The Morgan fingerprint density at radius 2 is 1.65 bits per heavy atom. The number of carbonyl (C=O) groups excluding carboxylic acids is 2. The zero-order chi connectivity index (χ0) is 18.8. The summed E-state index contributed by atoms with van der Waals surface area (Å²) in [4.78, 5) is 37.7. The van der Waals surface area contributed by atoms with Crippen molar-refractivity contribution >= 4 is 22.8 Å². The Bertz CT molecular complexity index is 1060. The summed E-state index contributed by atoms with van der Waals surface area (Å²) in [6.45, 7) is 1.91. The lowest BCUT2D eigenvalue weighted by atomic mass is 10.1. The van der Waals surface area contributed by atoms with E-state index in [-0.39, 0.29) is 11.1 Å². The minimum absolute atomic E-state index is 0.124. The monoisotopic (exact) mass is 351 g/mol. The molecule has 0 radical (unpaired) electrons. The highest BCUT2D eigenvalue weighted by molar-refractivity contribution is 6.06. The maximum Gasteiger partial charge on any atom is 0.355 e. The topological polar surface area (TPSA) is 74.6 Å². The van der Waals surface area contributed by atoms with Gasteiger partial charge in [0.2, 0.25) is 0 Å². The largest absolute Gasteiger partial charge is 0.497 e. The van der Waals surface area contributed by atoms with Crippen LogP contribution in [-0.2, 0) is 4.74 Å². The second-order valence-electron chi connectivity index (χ2n) is 5.78. The lowest BCUT2D eigenvalue weighted by molar-refractivity contribution is 0.0583. The van der Waals surface area contributed by atoms with E-state index in [1.807, 2.05) is 6.92 Å². The first-order chi connectivity index (χ1) is 12.5. The Morgan fingerprint density at radius 1 is 0.962 bits per heavy atom. The summed E-state index contributed by atoms with van der Waals surface area (Å²) in [5, 5.41) is 0.275. The van der Waals surface area contributed by atoms with Gasteiger partial charge in [0, 0.05) is 17.0 Å². The lowest BCUT2D eigenvalue weighted by Gasteiger charge is -2.15. The predicted octanol–water partition coefficient (Wildman–Crippen LogP) is 2.79. The SMILES string of the molecule is COC(=O)c1cc(=O)c2cc(OC)ccc2n1C(=O)c1ccc(C)cc1. The van der Waals surface area contributed by atoms with E-state index in [1.165, 1.54) is 24.9 Å². The molecule has 0 aliphatic carbocycles. The normalized spacial score (nSPS) is 10.6. The summed E-state index contributed by atoms with van der Waals surface area (Å²) in [7, 11) is 2.69. The molecule has 0 aliphatic rings. The van der Waals surface area contributed by atoms with Gasteiger partial charge in [-0.15, -0.1) is 0 Å². The van der Waals surface area contributed by atoms with Crippen molar-refractivity contribution in [3.63, 3.8) is 0 Å². The van der Waals surface area contributed by atoms with Gasteiger partial charge < -0.3 is 9.47 Å². The molecule has 6 nitrogen and oxygen atoms in total. The fourth-order valence-electron chi connectivity index (χ4n) is 2.73. The fourth-order valence-corrected chi connectivity index (χ4v) is 2.73. The van der Waals surface area contributed by atoms with E-state index in [1.54, 1.807) is 36.4 Å². The first kappa shape index (κ1) is 17.4. The molecular weight excluding hydrogens is 334 g/mol. The Hall–Kier alpha value is -3.41. The van der Waals surface area contributed by atoms with Gasteiger partial charge in [-0.3, -0.25) is 14.2 Å². The van der Waals surface area contributed by atoms with Gasteiger partial charge in [0.05, 0.1) is 19.7 Å². The van der Waals surface area contributed by atoms with Crippen LogP contribution >= 0.6 is 0 Å². The summed E-state index contributed by atoms with van der Waals surface area (Å²) in [6, 6.07) is 12.8. The zero-order valence-electron chi connectivity index (χ0n) is 14.6. The van der Waals surface area contributed by atoms with Crippen molar-refractivity contribution in [1.29, 1.82) is 0 Å². The van der Waals surface area contributed by atoms with Crippen molar-refractivity contribution in [3.8, 4) is 5.75 Å². The molecule has 0 saturated carbocycles. The number of ether oxygens (including phenoxy) is 2. The molecule has 2 aromatic carbocycles. The van der Waals surface area contributed by atoms with Crippen LogP contribution in [0.25, 0.3) is 10.9 Å². The van der Waals surface area contributed by atoms with Gasteiger partial charge in [-0.1, -0.05) is 17.7 Å². The number of fused-ring (bicyclic) bond motifs is 1. The van der Waals surface area contributed by atoms with Crippen molar-refractivity contribution in [3.05, 3.63) is 75.6 Å². The summed E-state index contributed by atoms with van der Waals surface area (Å²) in [6.07, 6.45) is 0. The molecule has 0 spiro atoms. The number of rotatable bonds is 3. The van der Waals surface area contributed by atoms with Crippen molar-refractivity contribution in [1.82, 2.24) is 4.57 Å². The lowest BCUT2D eigenvalue weighted by Crippen LogP contribution is -2.24. The van der Waals surface area contributed by atoms with Crippen molar-refractivity contribution < 1.29 is 19.1 Å². The van der Waals surface area contributed by atoms with Gasteiger partial charge in [-0.25, -0.2) is 4.79 Å². The van der Waals surface area contributed by atoms with Gasteiger partial charge in [-0.2, -0.15) is 0 Å². The number of esters is 1. The third-order valence-corrected chi connectivity index (χ3v) is 4.11. The minimum Gasteiger partial charge on any atom is -0.497 e. The highest BCUT2D eigenvalue weighted by Crippen LogP contribution is 2.21. The van der Waals surface area contributed by atoms with E-state index in [4.69, 9.17) is 9.47 Å². The quantitative estimate of drug-likeness (QED) is 0.678. The number of methoxy groups -OCH3 is 2.